The van der Waals surface area contributed by atoms with Crippen molar-refractivity contribution in [2.24, 2.45) is 4.99 Å². The molecule has 0 unspecified atom stereocenters. The third kappa shape index (κ3) is 5.57. The summed E-state index contributed by atoms with van der Waals surface area (Å²) in [7, 11) is 4.61. The number of hydrogen-bond acceptors (Lipinski definition) is 9. The maximum Gasteiger partial charge on any atom is 0.338 e. The number of methoxy groups -OCH3 is 3. The van der Waals surface area contributed by atoms with E-state index in [-0.39, 0.29) is 17.7 Å². The Morgan fingerprint density at radius 2 is 1.77 bits per heavy atom. The van der Waals surface area contributed by atoms with Gasteiger partial charge in [0.05, 0.1) is 49.8 Å². The van der Waals surface area contributed by atoms with Crippen LogP contribution < -0.4 is 33.8 Å². The van der Waals surface area contributed by atoms with Crippen molar-refractivity contribution >= 4 is 39.3 Å². The van der Waals surface area contributed by atoms with Gasteiger partial charge in [-0.1, -0.05) is 46.0 Å². The van der Waals surface area contributed by atoms with E-state index in [1.807, 2.05) is 6.07 Å². The molecule has 40 heavy (non-hydrogen) atoms. The molecule has 4 rings (SSSR count). The predicted octanol–water partition coefficient (Wildman–Crippen LogP) is 4.15. The molecule has 2 heterocycles. The predicted molar refractivity (Wildman–Crippen MR) is 156 cm³/mol. The van der Waals surface area contributed by atoms with Gasteiger partial charge in [0, 0.05) is 4.47 Å². The lowest BCUT2D eigenvalue weighted by atomic mass is 9.95. The minimum atomic E-state index is -0.823. The molecule has 0 bridgehead atoms. The Kier molecular flexibility index (Phi) is 9.16. The van der Waals surface area contributed by atoms with Crippen molar-refractivity contribution in [3.05, 3.63) is 89.5 Å². The van der Waals surface area contributed by atoms with Crippen molar-refractivity contribution in [2.75, 3.05) is 34.5 Å². The molecule has 0 saturated carbocycles. The highest BCUT2D eigenvalue weighted by Gasteiger charge is 2.35. The molecule has 2 aromatic carbocycles. The number of allylic oxidation sites excluding steroid dienone is 1. The van der Waals surface area contributed by atoms with Crippen LogP contribution in [0.15, 0.2) is 68.5 Å². The van der Waals surface area contributed by atoms with Gasteiger partial charge < -0.3 is 23.7 Å². The maximum absolute atomic E-state index is 14.0. The SMILES string of the molecule is C=CCOc1ccc(/C=c2\sc3n(c2=O)[C@@H](c2cc(OC)c(OC)cc2Br)C(C(=O)OCC)=C(C)N=3)cc1OC. The van der Waals surface area contributed by atoms with Crippen LogP contribution in [-0.4, -0.2) is 45.1 Å². The van der Waals surface area contributed by atoms with Crippen molar-refractivity contribution in [3.63, 3.8) is 0 Å². The highest BCUT2D eigenvalue weighted by atomic mass is 79.9. The number of halogens is 1. The first kappa shape index (κ1) is 29.2. The van der Waals surface area contributed by atoms with Crippen molar-refractivity contribution < 1.29 is 28.5 Å². The van der Waals surface area contributed by atoms with Gasteiger partial charge in [0.1, 0.15) is 6.61 Å². The van der Waals surface area contributed by atoms with Crippen molar-refractivity contribution in [1.82, 2.24) is 4.57 Å². The van der Waals surface area contributed by atoms with Crippen molar-refractivity contribution in [3.8, 4) is 23.0 Å². The molecule has 0 saturated heterocycles. The highest BCUT2D eigenvalue weighted by Crippen LogP contribution is 2.40. The number of benzene rings is 2. The fourth-order valence-electron chi connectivity index (χ4n) is 4.36. The van der Waals surface area contributed by atoms with Crippen LogP contribution in [0.5, 0.6) is 23.0 Å². The first-order valence-electron chi connectivity index (χ1n) is 12.3. The Morgan fingerprint density at radius 3 is 2.42 bits per heavy atom. The Hall–Kier alpha value is -3.83. The number of thiazole rings is 1. The topological polar surface area (TPSA) is 97.6 Å². The molecule has 3 aromatic rings. The molecule has 0 amide bonds. The monoisotopic (exact) mass is 628 g/mol. The molecule has 0 fully saturated rings. The summed E-state index contributed by atoms with van der Waals surface area (Å²) in [5.41, 5.74) is 1.77. The van der Waals surface area contributed by atoms with E-state index in [0.29, 0.717) is 54.7 Å². The van der Waals surface area contributed by atoms with E-state index in [0.717, 1.165) is 5.56 Å². The normalized spacial score (nSPS) is 14.8. The first-order chi connectivity index (χ1) is 19.3. The standard InChI is InChI=1S/C29H29BrN2O7S/c1-7-11-39-20-10-9-17(12-21(20)35-4)13-24-27(33)32-26(18-14-22(36-5)23(37-6)15-19(18)30)25(28(34)38-8-2)16(3)31-29(32)40-24/h7,9-10,12-15,26H,1,8,11H2,2-6H3/b24-13-/t26-/m0/s1. The van der Waals surface area contributed by atoms with E-state index >= 15 is 0 Å². The lowest BCUT2D eigenvalue weighted by molar-refractivity contribution is -0.139. The fourth-order valence-corrected chi connectivity index (χ4v) is 5.94. The van der Waals surface area contributed by atoms with Gasteiger partial charge in [0.15, 0.2) is 27.8 Å². The maximum atomic E-state index is 14.0. The molecule has 11 heteroatoms. The lowest BCUT2D eigenvalue weighted by Crippen LogP contribution is -2.40. The van der Waals surface area contributed by atoms with Gasteiger partial charge in [-0.25, -0.2) is 9.79 Å². The largest absolute Gasteiger partial charge is 0.493 e. The van der Waals surface area contributed by atoms with Crippen molar-refractivity contribution in [1.29, 1.82) is 0 Å². The van der Waals surface area contributed by atoms with Gasteiger partial charge in [0.25, 0.3) is 5.56 Å². The summed E-state index contributed by atoms with van der Waals surface area (Å²) in [6, 6.07) is 8.05. The summed E-state index contributed by atoms with van der Waals surface area (Å²) in [5, 5.41) is 0. The minimum Gasteiger partial charge on any atom is -0.493 e. The fraction of sp³-hybridized carbons (Fsp3) is 0.276. The van der Waals surface area contributed by atoms with Crippen LogP contribution in [0.25, 0.3) is 6.08 Å². The third-order valence-corrected chi connectivity index (χ3v) is 7.83. The average Bonchev–Trinajstić information content (AvgIpc) is 3.25. The van der Waals surface area contributed by atoms with Crippen LogP contribution >= 0.6 is 27.3 Å². The van der Waals surface area contributed by atoms with Crippen molar-refractivity contribution in [2.45, 2.75) is 19.9 Å². The van der Waals surface area contributed by atoms with E-state index < -0.39 is 12.0 Å². The van der Waals surface area contributed by atoms with E-state index in [2.05, 4.69) is 27.5 Å². The molecule has 1 aliphatic rings. The average molecular weight is 630 g/mol. The molecular weight excluding hydrogens is 600 g/mol. The van der Waals surface area contributed by atoms with E-state index in [4.69, 9.17) is 23.7 Å². The zero-order valence-corrected chi connectivity index (χ0v) is 25.2. The van der Waals surface area contributed by atoms with Gasteiger partial charge in [0.2, 0.25) is 0 Å². The number of hydrogen-bond donors (Lipinski definition) is 0. The quantitative estimate of drug-likeness (QED) is 0.246. The molecule has 0 aliphatic carbocycles. The molecule has 210 valence electrons. The van der Waals surface area contributed by atoms with Gasteiger partial charge in [-0.05, 0) is 55.3 Å². The molecule has 0 spiro atoms. The number of nitrogens with zero attached hydrogens (tertiary/aromatic N) is 2. The number of carbonyl (C=O) groups excluding carboxylic acids is 1. The summed E-state index contributed by atoms with van der Waals surface area (Å²) >= 11 is 4.83. The smallest absolute Gasteiger partial charge is 0.338 e. The summed E-state index contributed by atoms with van der Waals surface area (Å²) in [6.07, 6.45) is 3.40. The van der Waals surface area contributed by atoms with Crippen LogP contribution in [0.4, 0.5) is 0 Å². The first-order valence-corrected chi connectivity index (χ1v) is 13.9. The summed E-state index contributed by atoms with van der Waals surface area (Å²) in [4.78, 5) is 32.3. The van der Waals surface area contributed by atoms with Gasteiger partial charge in [-0.15, -0.1) is 0 Å². The second kappa shape index (κ2) is 12.6. The van der Waals surface area contributed by atoms with Crippen LogP contribution in [0, 0.1) is 0 Å². The van der Waals surface area contributed by atoms with Crippen LogP contribution in [0.2, 0.25) is 0 Å². The molecule has 0 radical (unpaired) electrons. The van der Waals surface area contributed by atoms with Gasteiger partial charge in [-0.3, -0.25) is 9.36 Å². The zero-order chi connectivity index (χ0) is 29.0. The summed E-state index contributed by atoms with van der Waals surface area (Å²) in [6.45, 7) is 7.64. The summed E-state index contributed by atoms with van der Waals surface area (Å²) < 4.78 is 30.0. The molecule has 0 N–H and O–H groups in total. The van der Waals surface area contributed by atoms with E-state index in [1.54, 1.807) is 57.4 Å². The molecule has 9 nitrogen and oxygen atoms in total. The van der Waals surface area contributed by atoms with Crippen LogP contribution in [0.3, 0.4) is 0 Å². The molecule has 1 atom stereocenters. The summed E-state index contributed by atoms with van der Waals surface area (Å²) in [5.74, 6) is 1.49. The zero-order valence-electron chi connectivity index (χ0n) is 22.8. The number of fused-ring (bicyclic) bond motifs is 1. The Labute approximate surface area is 243 Å². The number of rotatable bonds is 10. The molecule has 1 aromatic heterocycles. The van der Waals surface area contributed by atoms with Crippen LogP contribution in [-0.2, 0) is 9.53 Å². The van der Waals surface area contributed by atoms with Gasteiger partial charge in [-0.2, -0.15) is 0 Å². The number of carbonyl (C=O) groups is 1. The number of aromatic nitrogens is 1. The number of esters is 1. The van der Waals surface area contributed by atoms with Crippen LogP contribution in [0.1, 0.15) is 31.0 Å². The highest BCUT2D eigenvalue weighted by molar-refractivity contribution is 9.10. The number of ether oxygens (including phenoxy) is 5. The van der Waals surface area contributed by atoms with Gasteiger partial charge >= 0.3 is 5.97 Å². The molecular formula is C29H29BrN2O7S. The second-order valence-corrected chi connectivity index (χ2v) is 10.4. The minimum absolute atomic E-state index is 0.175. The third-order valence-electron chi connectivity index (χ3n) is 6.16. The second-order valence-electron chi connectivity index (χ2n) is 8.54. The van der Waals surface area contributed by atoms with E-state index in [9.17, 15) is 9.59 Å². The Balaban J connectivity index is 1.94. The molecule has 1 aliphatic heterocycles. The Morgan fingerprint density at radius 1 is 1.10 bits per heavy atom. The lowest BCUT2D eigenvalue weighted by Gasteiger charge is -2.26. The Bertz CT molecular complexity index is 1670. The van der Waals surface area contributed by atoms with E-state index in [1.165, 1.54) is 30.1 Å².